The molecule has 1 saturated heterocycles. The summed E-state index contributed by atoms with van der Waals surface area (Å²) in [5, 5.41) is 3.02. The number of rotatable bonds is 2. The predicted octanol–water partition coefficient (Wildman–Crippen LogP) is 1.35. The highest BCUT2D eigenvalue weighted by Gasteiger charge is 2.39. The molecule has 2 heterocycles. The molecule has 0 saturated carbocycles. The van der Waals surface area contributed by atoms with E-state index in [1.165, 1.54) is 6.07 Å². The van der Waals surface area contributed by atoms with Crippen LogP contribution in [0.4, 0.5) is 0 Å². The van der Waals surface area contributed by atoms with Gasteiger partial charge >= 0.3 is 0 Å². The SMILES string of the molecule is Cc1cc(C(=O)NC2(C)CCS(=O)(=O)C2)cc(Cl)n1. The van der Waals surface area contributed by atoms with E-state index in [2.05, 4.69) is 10.3 Å². The topological polar surface area (TPSA) is 76.1 Å². The van der Waals surface area contributed by atoms with Crippen LogP contribution in [0.25, 0.3) is 0 Å². The normalized spacial score (nSPS) is 25.2. The zero-order valence-corrected chi connectivity index (χ0v) is 12.3. The third kappa shape index (κ3) is 3.45. The van der Waals surface area contributed by atoms with Gasteiger partial charge in [0, 0.05) is 11.3 Å². The fraction of sp³-hybridized carbons (Fsp3) is 0.500. The molecule has 1 aromatic heterocycles. The Kier molecular flexibility index (Phi) is 3.57. The average molecular weight is 303 g/mol. The largest absolute Gasteiger partial charge is 0.346 e. The molecule has 1 atom stereocenters. The van der Waals surface area contributed by atoms with Crippen molar-refractivity contribution in [2.45, 2.75) is 25.8 Å². The van der Waals surface area contributed by atoms with E-state index in [1.807, 2.05) is 0 Å². The smallest absolute Gasteiger partial charge is 0.251 e. The van der Waals surface area contributed by atoms with Crippen molar-refractivity contribution >= 4 is 27.3 Å². The summed E-state index contributed by atoms with van der Waals surface area (Å²) in [6.07, 6.45) is 0.429. The Labute approximate surface area is 117 Å². The number of halogens is 1. The quantitative estimate of drug-likeness (QED) is 0.837. The third-order valence-electron chi connectivity index (χ3n) is 3.10. The van der Waals surface area contributed by atoms with Gasteiger partial charge < -0.3 is 5.32 Å². The number of carbonyl (C=O) groups excluding carboxylic acids is 1. The number of hydrogen-bond donors (Lipinski definition) is 1. The van der Waals surface area contributed by atoms with Crippen LogP contribution >= 0.6 is 11.6 Å². The Morgan fingerprint density at radius 3 is 2.68 bits per heavy atom. The molecule has 7 heteroatoms. The van der Waals surface area contributed by atoms with Crippen LogP contribution in [-0.4, -0.2) is 36.4 Å². The maximum absolute atomic E-state index is 12.1. The third-order valence-corrected chi connectivity index (χ3v) is 5.20. The molecule has 0 aliphatic carbocycles. The number of hydrogen-bond acceptors (Lipinski definition) is 4. The number of carbonyl (C=O) groups is 1. The minimum absolute atomic E-state index is 0.0243. The summed E-state index contributed by atoms with van der Waals surface area (Å²) in [5.74, 6) is -0.240. The fourth-order valence-electron chi connectivity index (χ4n) is 2.21. The molecule has 1 aliphatic heterocycles. The van der Waals surface area contributed by atoms with Crippen molar-refractivity contribution in [3.63, 3.8) is 0 Å². The lowest BCUT2D eigenvalue weighted by Gasteiger charge is -2.23. The second kappa shape index (κ2) is 4.76. The zero-order chi connectivity index (χ0) is 14.3. The van der Waals surface area contributed by atoms with Gasteiger partial charge in [-0.05, 0) is 32.4 Å². The van der Waals surface area contributed by atoms with Gasteiger partial charge in [-0.3, -0.25) is 4.79 Å². The summed E-state index contributed by atoms with van der Waals surface area (Å²) >= 11 is 5.80. The van der Waals surface area contributed by atoms with Crippen molar-refractivity contribution in [2.24, 2.45) is 0 Å². The fourth-order valence-corrected chi connectivity index (χ4v) is 4.56. The van der Waals surface area contributed by atoms with E-state index in [0.29, 0.717) is 17.7 Å². The minimum Gasteiger partial charge on any atom is -0.346 e. The Morgan fingerprint density at radius 1 is 1.47 bits per heavy atom. The van der Waals surface area contributed by atoms with Gasteiger partial charge in [-0.25, -0.2) is 13.4 Å². The van der Waals surface area contributed by atoms with Gasteiger partial charge in [0.25, 0.3) is 5.91 Å². The van der Waals surface area contributed by atoms with E-state index in [1.54, 1.807) is 19.9 Å². The molecular weight excluding hydrogens is 288 g/mol. The Balaban J connectivity index is 2.18. The van der Waals surface area contributed by atoms with E-state index in [-0.39, 0.29) is 22.6 Å². The van der Waals surface area contributed by atoms with Crippen molar-refractivity contribution in [3.8, 4) is 0 Å². The molecule has 1 unspecified atom stereocenters. The number of nitrogens with zero attached hydrogens (tertiary/aromatic N) is 1. The number of sulfone groups is 1. The Hall–Kier alpha value is -1.14. The Bertz CT molecular complexity index is 610. The first-order chi connectivity index (χ1) is 8.69. The van der Waals surface area contributed by atoms with E-state index in [4.69, 9.17) is 11.6 Å². The van der Waals surface area contributed by atoms with Crippen molar-refractivity contribution in [1.29, 1.82) is 0 Å². The zero-order valence-electron chi connectivity index (χ0n) is 10.7. The lowest BCUT2D eigenvalue weighted by atomic mass is 10.0. The van der Waals surface area contributed by atoms with Gasteiger partial charge in [0.15, 0.2) is 9.84 Å². The van der Waals surface area contributed by atoms with Gasteiger partial charge in [-0.15, -0.1) is 0 Å². The standard InChI is InChI=1S/C12H15ClN2O3S/c1-8-5-9(6-10(13)14-8)11(16)15-12(2)3-4-19(17,18)7-12/h5-6H,3-4,7H2,1-2H3,(H,15,16). The number of aromatic nitrogens is 1. The van der Waals surface area contributed by atoms with Gasteiger partial charge in [0.2, 0.25) is 0 Å². The second-order valence-corrected chi connectivity index (χ2v) is 7.75. The summed E-state index contributed by atoms with van der Waals surface area (Å²) in [7, 11) is -3.05. The molecule has 1 N–H and O–H groups in total. The van der Waals surface area contributed by atoms with Crippen LogP contribution in [0.5, 0.6) is 0 Å². The molecule has 104 valence electrons. The molecule has 2 rings (SSSR count). The van der Waals surface area contributed by atoms with Crippen molar-refractivity contribution < 1.29 is 13.2 Å². The van der Waals surface area contributed by atoms with Crippen molar-refractivity contribution in [1.82, 2.24) is 10.3 Å². The molecule has 0 spiro atoms. The highest BCUT2D eigenvalue weighted by atomic mass is 35.5. The lowest BCUT2D eigenvalue weighted by molar-refractivity contribution is 0.0915. The van der Waals surface area contributed by atoms with Crippen LogP contribution in [0.1, 0.15) is 29.4 Å². The van der Waals surface area contributed by atoms with Crippen LogP contribution in [0.15, 0.2) is 12.1 Å². The van der Waals surface area contributed by atoms with Crippen molar-refractivity contribution in [2.75, 3.05) is 11.5 Å². The first kappa shape index (κ1) is 14.3. The number of aryl methyl sites for hydroxylation is 1. The van der Waals surface area contributed by atoms with Gasteiger partial charge in [-0.1, -0.05) is 11.6 Å². The number of nitrogens with one attached hydrogen (secondary N) is 1. The van der Waals surface area contributed by atoms with Gasteiger partial charge in [0.05, 0.1) is 17.0 Å². The number of amides is 1. The van der Waals surface area contributed by atoms with E-state index >= 15 is 0 Å². The van der Waals surface area contributed by atoms with Gasteiger partial charge in [-0.2, -0.15) is 0 Å². The van der Waals surface area contributed by atoms with Crippen LogP contribution in [0, 0.1) is 6.92 Å². The van der Waals surface area contributed by atoms with E-state index in [0.717, 1.165) is 0 Å². The molecule has 5 nitrogen and oxygen atoms in total. The minimum atomic E-state index is -3.05. The summed E-state index contributed by atoms with van der Waals surface area (Å²) < 4.78 is 23.0. The molecule has 1 aromatic rings. The molecular formula is C12H15ClN2O3S. The average Bonchev–Trinajstić information content (AvgIpc) is 2.51. The molecule has 1 aliphatic rings. The summed E-state index contributed by atoms with van der Waals surface area (Å²) in [6.45, 7) is 3.48. The Morgan fingerprint density at radius 2 is 2.16 bits per heavy atom. The van der Waals surface area contributed by atoms with Crippen molar-refractivity contribution in [3.05, 3.63) is 28.5 Å². The van der Waals surface area contributed by atoms with Crippen LogP contribution < -0.4 is 5.32 Å². The van der Waals surface area contributed by atoms with E-state index < -0.39 is 15.4 Å². The highest BCUT2D eigenvalue weighted by molar-refractivity contribution is 7.91. The highest BCUT2D eigenvalue weighted by Crippen LogP contribution is 2.23. The van der Waals surface area contributed by atoms with Crippen LogP contribution in [0.2, 0.25) is 5.15 Å². The van der Waals surface area contributed by atoms with Crippen LogP contribution in [0.3, 0.4) is 0 Å². The molecule has 0 radical (unpaired) electrons. The summed E-state index contributed by atoms with van der Waals surface area (Å²) in [4.78, 5) is 16.1. The lowest BCUT2D eigenvalue weighted by Crippen LogP contribution is -2.46. The van der Waals surface area contributed by atoms with Crippen LogP contribution in [-0.2, 0) is 9.84 Å². The maximum atomic E-state index is 12.1. The first-order valence-electron chi connectivity index (χ1n) is 5.86. The summed E-state index contributed by atoms with van der Waals surface area (Å²) in [6, 6.07) is 3.09. The number of pyridine rings is 1. The van der Waals surface area contributed by atoms with E-state index in [9.17, 15) is 13.2 Å². The maximum Gasteiger partial charge on any atom is 0.251 e. The first-order valence-corrected chi connectivity index (χ1v) is 8.06. The molecule has 0 aromatic carbocycles. The molecule has 1 amide bonds. The molecule has 1 fully saturated rings. The monoisotopic (exact) mass is 302 g/mol. The summed E-state index contributed by atoms with van der Waals surface area (Å²) in [5.41, 5.74) is 0.324. The van der Waals surface area contributed by atoms with Gasteiger partial charge in [0.1, 0.15) is 5.15 Å². The molecule has 0 bridgehead atoms. The predicted molar refractivity (Wildman–Crippen MR) is 73.1 cm³/mol. The second-order valence-electron chi connectivity index (χ2n) is 5.18. The molecule has 19 heavy (non-hydrogen) atoms.